The zero-order valence-electron chi connectivity index (χ0n) is 12.5. The van der Waals surface area contributed by atoms with Crippen molar-refractivity contribution in [2.75, 3.05) is 23.3 Å². The van der Waals surface area contributed by atoms with Crippen LogP contribution < -0.4 is 0 Å². The number of aromatic nitrogens is 2. The summed E-state index contributed by atoms with van der Waals surface area (Å²) in [6, 6.07) is 2.04. The van der Waals surface area contributed by atoms with Crippen LogP contribution in [0.4, 0.5) is 0 Å². The molecule has 0 radical (unpaired) electrons. The van der Waals surface area contributed by atoms with Gasteiger partial charge in [0.15, 0.2) is 9.84 Å². The first-order valence-corrected chi connectivity index (χ1v) is 10.1. The fourth-order valence-electron chi connectivity index (χ4n) is 3.15. The maximum atomic E-state index is 11.8. The lowest BCUT2D eigenvalue weighted by Crippen LogP contribution is -2.38. The first-order chi connectivity index (χ1) is 9.85. The second kappa shape index (κ2) is 6.47. The van der Waals surface area contributed by atoms with E-state index in [1.165, 1.54) is 0 Å². The number of hydrogen-bond donors (Lipinski definition) is 0. The van der Waals surface area contributed by atoms with Crippen LogP contribution in [0.1, 0.15) is 24.7 Å². The molecule has 0 spiro atoms. The molecule has 21 heavy (non-hydrogen) atoms. The van der Waals surface area contributed by atoms with Crippen LogP contribution in [0.5, 0.6) is 0 Å². The molecular formula is C14H22Cl2N2O2S. The fourth-order valence-corrected chi connectivity index (χ4v) is 6.00. The summed E-state index contributed by atoms with van der Waals surface area (Å²) in [5.74, 6) is 1.21. The minimum Gasteiger partial charge on any atom is -0.270 e. The van der Waals surface area contributed by atoms with E-state index >= 15 is 0 Å². The molecule has 2 heterocycles. The van der Waals surface area contributed by atoms with Gasteiger partial charge in [-0.2, -0.15) is 5.10 Å². The highest BCUT2D eigenvalue weighted by atomic mass is 35.5. The van der Waals surface area contributed by atoms with Crippen LogP contribution in [-0.2, 0) is 22.8 Å². The van der Waals surface area contributed by atoms with Crippen molar-refractivity contribution < 1.29 is 8.42 Å². The summed E-state index contributed by atoms with van der Waals surface area (Å²) in [5.41, 5.74) is 1.66. The lowest BCUT2D eigenvalue weighted by molar-refractivity contribution is 0.239. The molecule has 0 aliphatic carbocycles. The molecule has 120 valence electrons. The summed E-state index contributed by atoms with van der Waals surface area (Å²) in [7, 11) is -2.94. The molecule has 1 aliphatic heterocycles. The summed E-state index contributed by atoms with van der Waals surface area (Å²) in [5, 5.41) is 4.45. The monoisotopic (exact) mass is 352 g/mol. The SMILES string of the molecule is CCn1nc(C)cc1CC(CCl)(CCl)C1CCS(=O)(=O)C1. The molecule has 1 saturated heterocycles. The molecule has 0 amide bonds. The van der Waals surface area contributed by atoms with Crippen LogP contribution in [0.15, 0.2) is 6.07 Å². The Morgan fingerprint density at radius 2 is 2.10 bits per heavy atom. The van der Waals surface area contributed by atoms with Crippen molar-refractivity contribution in [1.29, 1.82) is 0 Å². The van der Waals surface area contributed by atoms with Gasteiger partial charge < -0.3 is 0 Å². The van der Waals surface area contributed by atoms with Crippen molar-refractivity contribution in [2.24, 2.45) is 11.3 Å². The Morgan fingerprint density at radius 1 is 1.43 bits per heavy atom. The second-order valence-corrected chi connectivity index (χ2v) is 8.76. The topological polar surface area (TPSA) is 52.0 Å². The number of alkyl halides is 2. The van der Waals surface area contributed by atoms with Crippen LogP contribution in [-0.4, -0.2) is 41.5 Å². The molecule has 0 saturated carbocycles. The fraction of sp³-hybridized carbons (Fsp3) is 0.786. The number of rotatable bonds is 6. The second-order valence-electron chi connectivity index (χ2n) is 6.00. The van der Waals surface area contributed by atoms with Crippen LogP contribution in [0, 0.1) is 18.3 Å². The highest BCUT2D eigenvalue weighted by Gasteiger charge is 2.44. The van der Waals surface area contributed by atoms with Gasteiger partial charge >= 0.3 is 0 Å². The standard InChI is InChI=1S/C14H22Cl2N2O2S/c1-3-18-13(6-11(2)17-18)7-14(9-15,10-16)12-4-5-21(19,20)8-12/h6,12H,3-5,7-10H2,1-2H3. The third-order valence-electron chi connectivity index (χ3n) is 4.45. The Balaban J connectivity index is 2.30. The molecule has 1 unspecified atom stereocenters. The minimum atomic E-state index is -2.94. The Kier molecular flexibility index (Phi) is 5.27. The van der Waals surface area contributed by atoms with Gasteiger partial charge in [-0.1, -0.05) is 0 Å². The number of sulfone groups is 1. The van der Waals surface area contributed by atoms with Crippen LogP contribution >= 0.6 is 23.2 Å². The zero-order valence-corrected chi connectivity index (χ0v) is 14.8. The number of nitrogens with zero attached hydrogens (tertiary/aromatic N) is 2. The van der Waals surface area contributed by atoms with E-state index in [2.05, 4.69) is 5.10 Å². The predicted octanol–water partition coefficient (Wildman–Crippen LogP) is 2.65. The lowest BCUT2D eigenvalue weighted by Gasteiger charge is -2.35. The summed E-state index contributed by atoms with van der Waals surface area (Å²) >= 11 is 12.5. The number of hydrogen-bond acceptors (Lipinski definition) is 3. The first-order valence-electron chi connectivity index (χ1n) is 7.21. The largest absolute Gasteiger partial charge is 0.270 e. The van der Waals surface area contributed by atoms with E-state index in [9.17, 15) is 8.42 Å². The van der Waals surface area contributed by atoms with Gasteiger partial charge in [-0.25, -0.2) is 8.42 Å². The molecule has 1 atom stereocenters. The Labute approximate surface area is 136 Å². The summed E-state index contributed by atoms with van der Waals surface area (Å²) in [6.07, 6.45) is 1.33. The molecule has 1 aromatic heterocycles. The molecule has 7 heteroatoms. The van der Waals surface area contributed by atoms with Crippen molar-refractivity contribution in [3.8, 4) is 0 Å². The number of halogens is 2. The maximum absolute atomic E-state index is 11.8. The van der Waals surface area contributed by atoms with Gasteiger partial charge in [0.05, 0.1) is 17.2 Å². The molecule has 1 aromatic rings. The van der Waals surface area contributed by atoms with Crippen molar-refractivity contribution in [2.45, 2.75) is 33.2 Å². The van der Waals surface area contributed by atoms with Gasteiger partial charge in [-0.15, -0.1) is 23.2 Å². The van der Waals surface area contributed by atoms with Crippen LogP contribution in [0.25, 0.3) is 0 Å². The van der Waals surface area contributed by atoms with Crippen molar-refractivity contribution >= 4 is 33.0 Å². The number of aryl methyl sites for hydroxylation is 2. The summed E-state index contributed by atoms with van der Waals surface area (Å²) < 4.78 is 25.5. The van der Waals surface area contributed by atoms with E-state index in [0.29, 0.717) is 24.6 Å². The van der Waals surface area contributed by atoms with Crippen LogP contribution in [0.2, 0.25) is 0 Å². The van der Waals surface area contributed by atoms with E-state index < -0.39 is 9.84 Å². The summed E-state index contributed by atoms with van der Waals surface area (Å²) in [6.45, 7) is 4.78. The molecule has 0 bridgehead atoms. The van der Waals surface area contributed by atoms with Crippen LogP contribution in [0.3, 0.4) is 0 Å². The Hall–Kier alpha value is -0.260. The molecule has 1 aliphatic rings. The van der Waals surface area contributed by atoms with E-state index in [4.69, 9.17) is 23.2 Å². The first kappa shape index (κ1) is 17.1. The van der Waals surface area contributed by atoms with Crippen molar-refractivity contribution in [1.82, 2.24) is 9.78 Å². The summed E-state index contributed by atoms with van der Waals surface area (Å²) in [4.78, 5) is 0. The van der Waals surface area contributed by atoms with Crippen molar-refractivity contribution in [3.05, 3.63) is 17.5 Å². The molecule has 0 N–H and O–H groups in total. The van der Waals surface area contributed by atoms with Gasteiger partial charge in [0.2, 0.25) is 0 Å². The zero-order chi connectivity index (χ0) is 15.7. The Bertz CT molecular complexity index is 594. The minimum absolute atomic E-state index is 0.0259. The normalized spacial score (nSPS) is 21.8. The van der Waals surface area contributed by atoms with Gasteiger partial charge in [0.1, 0.15) is 0 Å². The average molecular weight is 353 g/mol. The molecular weight excluding hydrogens is 331 g/mol. The molecule has 1 fully saturated rings. The third-order valence-corrected chi connectivity index (χ3v) is 7.28. The molecule has 0 aromatic carbocycles. The predicted molar refractivity (Wildman–Crippen MR) is 87.0 cm³/mol. The third kappa shape index (κ3) is 3.57. The molecule has 2 rings (SSSR count). The van der Waals surface area contributed by atoms with Gasteiger partial charge in [-0.3, -0.25) is 4.68 Å². The average Bonchev–Trinajstić information content (AvgIpc) is 2.98. The smallest absolute Gasteiger partial charge is 0.150 e. The quantitative estimate of drug-likeness (QED) is 0.739. The molecule has 4 nitrogen and oxygen atoms in total. The lowest BCUT2D eigenvalue weighted by atomic mass is 9.74. The Morgan fingerprint density at radius 3 is 2.57 bits per heavy atom. The van der Waals surface area contributed by atoms with Crippen molar-refractivity contribution in [3.63, 3.8) is 0 Å². The highest BCUT2D eigenvalue weighted by molar-refractivity contribution is 7.91. The van der Waals surface area contributed by atoms with E-state index in [1.54, 1.807) is 0 Å². The van der Waals surface area contributed by atoms with Gasteiger partial charge in [0, 0.05) is 29.4 Å². The van der Waals surface area contributed by atoms with Gasteiger partial charge in [-0.05, 0) is 38.7 Å². The van der Waals surface area contributed by atoms with Gasteiger partial charge in [0.25, 0.3) is 0 Å². The maximum Gasteiger partial charge on any atom is 0.150 e. The van der Waals surface area contributed by atoms with E-state index in [0.717, 1.165) is 17.9 Å². The van der Waals surface area contributed by atoms with E-state index in [-0.39, 0.29) is 22.8 Å². The van der Waals surface area contributed by atoms with E-state index in [1.807, 2.05) is 24.6 Å². The highest BCUT2D eigenvalue weighted by Crippen LogP contribution is 2.41.